The van der Waals surface area contributed by atoms with Gasteiger partial charge in [-0.15, -0.1) is 0 Å². The Morgan fingerprint density at radius 3 is 2.51 bits per heavy atom. The number of aromatic amines is 1. The summed E-state index contributed by atoms with van der Waals surface area (Å²) in [6, 6.07) is 13.1. The van der Waals surface area contributed by atoms with Crippen molar-refractivity contribution in [1.82, 2.24) is 20.2 Å². The van der Waals surface area contributed by atoms with Gasteiger partial charge in [-0.05, 0) is 82.1 Å². The van der Waals surface area contributed by atoms with Gasteiger partial charge in [0.25, 0.3) is 5.91 Å². The molecule has 0 saturated carbocycles. The first-order chi connectivity index (χ1) is 16.8. The number of hydrogen-bond donors (Lipinski definition) is 2. The van der Waals surface area contributed by atoms with Crippen LogP contribution >= 0.6 is 0 Å². The van der Waals surface area contributed by atoms with Crippen LogP contribution in [0.15, 0.2) is 48.8 Å². The van der Waals surface area contributed by atoms with Crippen molar-refractivity contribution in [2.75, 3.05) is 6.54 Å². The lowest BCUT2D eigenvalue weighted by Crippen LogP contribution is -2.48. The van der Waals surface area contributed by atoms with Crippen molar-refractivity contribution in [2.45, 2.75) is 76.5 Å². The molecule has 35 heavy (non-hydrogen) atoms. The Hall–Kier alpha value is -3.35. The van der Waals surface area contributed by atoms with Gasteiger partial charge in [0.15, 0.2) is 0 Å². The van der Waals surface area contributed by atoms with E-state index in [4.69, 9.17) is 4.74 Å². The summed E-state index contributed by atoms with van der Waals surface area (Å²) in [5.41, 5.74) is 3.42. The number of rotatable bonds is 5. The van der Waals surface area contributed by atoms with E-state index in [1.807, 2.05) is 44.0 Å². The summed E-state index contributed by atoms with van der Waals surface area (Å²) in [5.74, 6) is 0.361. The molecular formula is C28H34N4O3. The molecule has 0 radical (unpaired) electrons. The van der Waals surface area contributed by atoms with Gasteiger partial charge in [0.1, 0.15) is 11.2 Å². The number of hydrogen-bond acceptors (Lipinski definition) is 4. The number of H-pyrrole nitrogens is 1. The highest BCUT2D eigenvalue weighted by Crippen LogP contribution is 2.43. The third kappa shape index (κ3) is 5.19. The number of fused-ring (bicyclic) bond motifs is 3. The van der Waals surface area contributed by atoms with Crippen molar-refractivity contribution in [3.05, 3.63) is 65.5 Å². The molecule has 2 amide bonds. The van der Waals surface area contributed by atoms with Crippen LogP contribution in [0.5, 0.6) is 0 Å². The second-order valence-electron chi connectivity index (χ2n) is 10.8. The van der Waals surface area contributed by atoms with E-state index < -0.39 is 5.60 Å². The predicted molar refractivity (Wildman–Crippen MR) is 135 cm³/mol. The fourth-order valence-corrected chi connectivity index (χ4v) is 5.50. The number of ether oxygens (including phenoxy) is 1. The summed E-state index contributed by atoms with van der Waals surface area (Å²) in [5, 5.41) is 3.92. The third-order valence-corrected chi connectivity index (χ3v) is 7.15. The van der Waals surface area contributed by atoms with Crippen molar-refractivity contribution in [3.63, 3.8) is 0 Å². The quantitative estimate of drug-likeness (QED) is 0.533. The number of carbonyl (C=O) groups is 2. The van der Waals surface area contributed by atoms with E-state index in [0.717, 1.165) is 43.1 Å². The number of amides is 2. The van der Waals surface area contributed by atoms with Gasteiger partial charge in [-0.1, -0.05) is 24.3 Å². The number of benzene rings is 1. The van der Waals surface area contributed by atoms with Gasteiger partial charge in [0.05, 0.1) is 5.56 Å². The second-order valence-corrected chi connectivity index (χ2v) is 10.8. The second kappa shape index (κ2) is 9.36. The lowest BCUT2D eigenvalue weighted by Gasteiger charge is -2.39. The van der Waals surface area contributed by atoms with Crippen LogP contribution < -0.4 is 5.32 Å². The van der Waals surface area contributed by atoms with Gasteiger partial charge in [-0.2, -0.15) is 0 Å². The Bertz CT molecular complexity index is 1200. The topological polar surface area (TPSA) is 87.3 Å². The number of piperidine rings is 1. The molecule has 7 nitrogen and oxygen atoms in total. The minimum absolute atomic E-state index is 0.107. The predicted octanol–water partition coefficient (Wildman–Crippen LogP) is 5.18. The fourth-order valence-electron chi connectivity index (χ4n) is 5.50. The smallest absolute Gasteiger partial charge is 0.410 e. The molecule has 4 heterocycles. The van der Waals surface area contributed by atoms with Crippen LogP contribution in [0.1, 0.15) is 73.9 Å². The van der Waals surface area contributed by atoms with Gasteiger partial charge in [0, 0.05) is 36.4 Å². The Balaban J connectivity index is 1.13. The van der Waals surface area contributed by atoms with Crippen LogP contribution in [0.4, 0.5) is 4.79 Å². The fraction of sp³-hybridized carbons (Fsp3) is 0.464. The molecule has 3 aromatic rings. The van der Waals surface area contributed by atoms with Crippen molar-refractivity contribution in [2.24, 2.45) is 0 Å². The first kappa shape index (κ1) is 23.4. The zero-order valence-electron chi connectivity index (χ0n) is 20.7. The average Bonchev–Trinajstić information content (AvgIpc) is 3.39. The monoisotopic (exact) mass is 474 g/mol. The Labute approximate surface area is 206 Å². The third-order valence-electron chi connectivity index (χ3n) is 7.15. The van der Waals surface area contributed by atoms with E-state index in [1.54, 1.807) is 6.20 Å². The van der Waals surface area contributed by atoms with Crippen LogP contribution in [0.2, 0.25) is 0 Å². The first-order valence-corrected chi connectivity index (χ1v) is 12.6. The first-order valence-electron chi connectivity index (χ1n) is 12.6. The maximum absolute atomic E-state index is 12.7. The van der Waals surface area contributed by atoms with Gasteiger partial charge in [0.2, 0.25) is 0 Å². The minimum Gasteiger partial charge on any atom is -0.444 e. The van der Waals surface area contributed by atoms with Crippen molar-refractivity contribution in [3.8, 4) is 0 Å². The molecular weight excluding hydrogens is 440 g/mol. The Kier molecular flexibility index (Phi) is 6.26. The van der Waals surface area contributed by atoms with E-state index in [0.29, 0.717) is 18.0 Å². The molecule has 7 heteroatoms. The van der Waals surface area contributed by atoms with Gasteiger partial charge in [-0.3, -0.25) is 4.79 Å². The SMILES string of the molecule is CC(C)(C)OC(=O)N1[C@@H]2CC[C@H]1CC(c1ccc(CCNC(=O)c3cnc4[nH]ccc4c3)cc1)C2. The molecule has 2 aromatic heterocycles. The van der Waals surface area contributed by atoms with Gasteiger partial charge in [-0.25, -0.2) is 9.78 Å². The normalized spacial score (nSPS) is 21.8. The van der Waals surface area contributed by atoms with Crippen molar-refractivity contribution >= 4 is 23.0 Å². The highest BCUT2D eigenvalue weighted by atomic mass is 16.6. The molecule has 2 aliphatic heterocycles. The van der Waals surface area contributed by atoms with E-state index >= 15 is 0 Å². The summed E-state index contributed by atoms with van der Waals surface area (Å²) >= 11 is 0. The molecule has 0 spiro atoms. The lowest BCUT2D eigenvalue weighted by atomic mass is 9.85. The van der Waals surface area contributed by atoms with Crippen LogP contribution in [0, 0.1) is 0 Å². The van der Waals surface area contributed by atoms with Crippen LogP contribution in [-0.4, -0.2) is 51.1 Å². The molecule has 1 aromatic carbocycles. The summed E-state index contributed by atoms with van der Waals surface area (Å²) in [6.07, 6.45) is 8.13. The van der Waals surface area contributed by atoms with Crippen LogP contribution in [0.25, 0.3) is 11.0 Å². The minimum atomic E-state index is -0.463. The molecule has 5 rings (SSSR count). The van der Waals surface area contributed by atoms with E-state index in [2.05, 4.69) is 39.6 Å². The van der Waals surface area contributed by atoms with E-state index in [1.165, 1.54) is 11.1 Å². The van der Waals surface area contributed by atoms with Crippen LogP contribution in [-0.2, 0) is 11.2 Å². The summed E-state index contributed by atoms with van der Waals surface area (Å²) < 4.78 is 5.66. The molecule has 0 aliphatic carbocycles. The maximum Gasteiger partial charge on any atom is 0.410 e. The van der Waals surface area contributed by atoms with Crippen molar-refractivity contribution < 1.29 is 14.3 Å². The van der Waals surface area contributed by atoms with E-state index in [9.17, 15) is 9.59 Å². The molecule has 2 N–H and O–H groups in total. The molecule has 2 aliphatic rings. The number of carbonyl (C=O) groups excluding carboxylic acids is 2. The number of nitrogens with one attached hydrogen (secondary N) is 2. The zero-order chi connectivity index (χ0) is 24.6. The van der Waals surface area contributed by atoms with Gasteiger partial charge < -0.3 is 19.9 Å². The average molecular weight is 475 g/mol. The Morgan fingerprint density at radius 2 is 1.83 bits per heavy atom. The lowest BCUT2D eigenvalue weighted by molar-refractivity contribution is 0.00583. The summed E-state index contributed by atoms with van der Waals surface area (Å²) in [4.78, 5) is 34.5. The summed E-state index contributed by atoms with van der Waals surface area (Å²) in [6.45, 7) is 6.34. The van der Waals surface area contributed by atoms with Crippen molar-refractivity contribution in [1.29, 1.82) is 0 Å². The number of nitrogens with zero attached hydrogens (tertiary/aromatic N) is 2. The van der Waals surface area contributed by atoms with E-state index in [-0.39, 0.29) is 24.1 Å². The largest absolute Gasteiger partial charge is 0.444 e. The molecule has 184 valence electrons. The zero-order valence-corrected chi connectivity index (χ0v) is 20.7. The number of aromatic nitrogens is 2. The molecule has 2 fully saturated rings. The Morgan fingerprint density at radius 1 is 1.11 bits per heavy atom. The highest BCUT2D eigenvalue weighted by Gasteiger charge is 2.45. The van der Waals surface area contributed by atoms with Crippen LogP contribution in [0.3, 0.4) is 0 Å². The molecule has 2 bridgehead atoms. The molecule has 1 unspecified atom stereocenters. The molecule has 2 saturated heterocycles. The maximum atomic E-state index is 12.7. The number of pyridine rings is 1. The summed E-state index contributed by atoms with van der Waals surface area (Å²) in [7, 11) is 0. The van der Waals surface area contributed by atoms with Gasteiger partial charge >= 0.3 is 6.09 Å². The highest BCUT2D eigenvalue weighted by molar-refractivity contribution is 5.96. The molecule has 3 atom stereocenters. The standard InChI is InChI=1S/C28H34N4O3/c1-28(2,3)35-27(34)32-23-8-9-24(32)16-21(15-23)19-6-4-18(5-7-19)10-12-30-26(33)22-14-20-11-13-29-25(20)31-17-22/h4-7,11,13-14,17,21,23-24H,8-10,12,15-16H2,1-3H3,(H,29,31)(H,30,33)/t21?,23-,24+.